The fraction of sp³-hybridized carbons (Fsp3) is 0.167. The van der Waals surface area contributed by atoms with E-state index in [0.717, 1.165) is 6.07 Å². The Balaban J connectivity index is 2.31. The van der Waals surface area contributed by atoms with Crippen LogP contribution in [0, 0.1) is 17.5 Å². The monoisotopic (exact) mass is 320 g/mol. The lowest BCUT2D eigenvalue weighted by Gasteiger charge is -2.07. The van der Waals surface area contributed by atoms with Gasteiger partial charge in [-0.3, -0.25) is 4.72 Å². The van der Waals surface area contributed by atoms with E-state index in [1.807, 2.05) is 0 Å². The van der Waals surface area contributed by atoms with Gasteiger partial charge in [-0.1, -0.05) is 0 Å². The minimum atomic E-state index is -4.24. The van der Waals surface area contributed by atoms with Gasteiger partial charge in [0.1, 0.15) is 5.76 Å². The van der Waals surface area contributed by atoms with Gasteiger partial charge in [-0.05, 0) is 31.3 Å². The van der Waals surface area contributed by atoms with E-state index in [0.29, 0.717) is 18.4 Å². The Hall–Kier alpha value is -2.00. The van der Waals surface area contributed by atoms with Crippen molar-refractivity contribution in [3.8, 4) is 0 Å². The molecule has 1 heterocycles. The van der Waals surface area contributed by atoms with Gasteiger partial charge < -0.3 is 9.73 Å². The van der Waals surface area contributed by atoms with Gasteiger partial charge in [-0.25, -0.2) is 13.2 Å². The lowest BCUT2D eigenvalue weighted by molar-refractivity contribution is 0.408. The predicted molar refractivity (Wildman–Crippen MR) is 68.6 cm³/mol. The molecule has 1 aromatic heterocycles. The molecule has 9 heteroatoms. The number of furan rings is 1. The molecule has 0 saturated carbocycles. The van der Waals surface area contributed by atoms with Gasteiger partial charge in [0.25, 0.3) is 10.0 Å². The lowest BCUT2D eigenvalue weighted by Crippen LogP contribution is -2.14. The molecule has 2 aromatic rings. The van der Waals surface area contributed by atoms with Crippen LogP contribution in [0.15, 0.2) is 33.8 Å². The van der Waals surface area contributed by atoms with Crippen molar-refractivity contribution in [3.63, 3.8) is 0 Å². The van der Waals surface area contributed by atoms with Gasteiger partial charge in [0, 0.05) is 0 Å². The summed E-state index contributed by atoms with van der Waals surface area (Å²) < 4.78 is 70.1. The van der Waals surface area contributed by atoms with Crippen LogP contribution >= 0.6 is 0 Å². The molecule has 0 aliphatic carbocycles. The first-order valence-corrected chi connectivity index (χ1v) is 7.23. The number of rotatable bonds is 5. The molecule has 0 bridgehead atoms. The van der Waals surface area contributed by atoms with E-state index in [4.69, 9.17) is 4.42 Å². The van der Waals surface area contributed by atoms with Crippen molar-refractivity contribution < 1.29 is 26.0 Å². The number of hydrogen-bond acceptors (Lipinski definition) is 4. The normalized spacial score (nSPS) is 11.6. The van der Waals surface area contributed by atoms with Crippen LogP contribution in [-0.4, -0.2) is 15.5 Å². The fourth-order valence-electron chi connectivity index (χ4n) is 1.57. The predicted octanol–water partition coefficient (Wildman–Crippen LogP) is 2.22. The summed E-state index contributed by atoms with van der Waals surface area (Å²) in [7, 11) is -2.59. The number of halogens is 3. The zero-order valence-corrected chi connectivity index (χ0v) is 11.6. The highest BCUT2D eigenvalue weighted by Crippen LogP contribution is 2.23. The number of anilines is 1. The Labute approximate surface area is 118 Å². The van der Waals surface area contributed by atoms with Crippen molar-refractivity contribution in [2.24, 2.45) is 0 Å². The maximum absolute atomic E-state index is 13.5. The molecular weight excluding hydrogens is 309 g/mol. The fourth-order valence-corrected chi connectivity index (χ4v) is 2.58. The highest BCUT2D eigenvalue weighted by Gasteiger charge is 2.22. The summed E-state index contributed by atoms with van der Waals surface area (Å²) in [6.07, 6.45) is 0. The Morgan fingerprint density at radius 2 is 1.81 bits per heavy atom. The summed E-state index contributed by atoms with van der Waals surface area (Å²) in [6, 6.07) is 3.99. The van der Waals surface area contributed by atoms with Crippen LogP contribution in [0.4, 0.5) is 18.9 Å². The molecule has 0 amide bonds. The SMILES string of the molecule is CNCc1ccc(S(=O)(=O)Nc2ccc(F)c(F)c2F)o1. The molecule has 0 fully saturated rings. The van der Waals surface area contributed by atoms with Crippen LogP contribution in [0.1, 0.15) is 5.76 Å². The van der Waals surface area contributed by atoms with Crippen molar-refractivity contribution in [1.82, 2.24) is 5.32 Å². The van der Waals surface area contributed by atoms with E-state index in [1.54, 1.807) is 11.8 Å². The Bertz CT molecular complexity index is 759. The average molecular weight is 320 g/mol. The molecule has 0 unspecified atom stereocenters. The average Bonchev–Trinajstić information content (AvgIpc) is 2.89. The summed E-state index contributed by atoms with van der Waals surface area (Å²) >= 11 is 0. The molecule has 0 aliphatic heterocycles. The molecule has 0 atom stereocenters. The second-order valence-electron chi connectivity index (χ2n) is 4.08. The van der Waals surface area contributed by atoms with Crippen molar-refractivity contribution >= 4 is 15.7 Å². The molecule has 114 valence electrons. The number of benzene rings is 1. The minimum Gasteiger partial charge on any atom is -0.446 e. The first-order valence-electron chi connectivity index (χ1n) is 5.75. The number of nitrogens with one attached hydrogen (secondary N) is 2. The molecule has 2 N–H and O–H groups in total. The summed E-state index contributed by atoms with van der Waals surface area (Å²) in [4.78, 5) is 0. The van der Waals surface area contributed by atoms with Gasteiger partial charge in [0.15, 0.2) is 17.5 Å². The van der Waals surface area contributed by atoms with Gasteiger partial charge in [0.2, 0.25) is 5.09 Å². The molecule has 1 aromatic carbocycles. The van der Waals surface area contributed by atoms with Crippen molar-refractivity contribution in [2.75, 3.05) is 11.8 Å². The largest absolute Gasteiger partial charge is 0.446 e. The van der Waals surface area contributed by atoms with Crippen LogP contribution in [0.25, 0.3) is 0 Å². The van der Waals surface area contributed by atoms with Gasteiger partial charge in [-0.2, -0.15) is 8.42 Å². The standard InChI is InChI=1S/C12H11F3N2O3S/c1-16-6-7-2-5-10(20-7)21(18,19)17-9-4-3-8(13)11(14)12(9)15/h2-5,16-17H,6H2,1H3. The van der Waals surface area contributed by atoms with Gasteiger partial charge in [-0.15, -0.1) is 0 Å². The Kier molecular flexibility index (Phi) is 4.24. The maximum Gasteiger partial charge on any atom is 0.295 e. The zero-order valence-electron chi connectivity index (χ0n) is 10.8. The molecule has 21 heavy (non-hydrogen) atoms. The third-order valence-corrected chi connectivity index (χ3v) is 3.77. The Morgan fingerprint density at radius 3 is 2.48 bits per heavy atom. The minimum absolute atomic E-state index is 0.301. The molecule has 0 saturated heterocycles. The maximum atomic E-state index is 13.5. The van der Waals surface area contributed by atoms with Crippen molar-refractivity contribution in [3.05, 3.63) is 47.5 Å². The summed E-state index contributed by atoms with van der Waals surface area (Å²) in [5, 5.41) is 2.30. The zero-order chi connectivity index (χ0) is 15.6. The van der Waals surface area contributed by atoms with E-state index in [9.17, 15) is 21.6 Å². The molecule has 2 rings (SSSR count). The van der Waals surface area contributed by atoms with Crippen LogP contribution in [0.2, 0.25) is 0 Å². The van der Waals surface area contributed by atoms with Crippen LogP contribution in [0.3, 0.4) is 0 Å². The van der Waals surface area contributed by atoms with Gasteiger partial charge >= 0.3 is 0 Å². The molecule has 0 aliphatic rings. The molecule has 0 radical (unpaired) electrons. The Morgan fingerprint density at radius 1 is 1.10 bits per heavy atom. The van der Waals surface area contributed by atoms with E-state index < -0.39 is 38.3 Å². The number of sulfonamides is 1. The summed E-state index contributed by atoms with van der Waals surface area (Å²) in [6.45, 7) is 0.301. The van der Waals surface area contributed by atoms with Crippen LogP contribution in [-0.2, 0) is 16.6 Å². The van der Waals surface area contributed by atoms with E-state index in [-0.39, 0.29) is 0 Å². The van der Waals surface area contributed by atoms with Crippen LogP contribution < -0.4 is 10.0 Å². The third kappa shape index (κ3) is 3.19. The molecule has 5 nitrogen and oxygen atoms in total. The smallest absolute Gasteiger partial charge is 0.295 e. The van der Waals surface area contributed by atoms with E-state index in [1.165, 1.54) is 12.1 Å². The van der Waals surface area contributed by atoms with E-state index in [2.05, 4.69) is 5.32 Å². The van der Waals surface area contributed by atoms with Crippen molar-refractivity contribution in [2.45, 2.75) is 11.6 Å². The topological polar surface area (TPSA) is 71.3 Å². The number of hydrogen-bond donors (Lipinski definition) is 2. The summed E-state index contributed by atoms with van der Waals surface area (Å²) in [5.41, 5.74) is -0.708. The van der Waals surface area contributed by atoms with Gasteiger partial charge in [0.05, 0.1) is 12.2 Å². The van der Waals surface area contributed by atoms with E-state index >= 15 is 0 Å². The highest BCUT2D eigenvalue weighted by atomic mass is 32.2. The lowest BCUT2D eigenvalue weighted by atomic mass is 10.3. The van der Waals surface area contributed by atoms with Crippen LogP contribution in [0.5, 0.6) is 0 Å². The van der Waals surface area contributed by atoms with Crippen molar-refractivity contribution in [1.29, 1.82) is 0 Å². The first-order chi connectivity index (χ1) is 9.85. The quantitative estimate of drug-likeness (QED) is 0.829. The molecular formula is C12H11F3N2O3S. The first kappa shape index (κ1) is 15.4. The second-order valence-corrected chi connectivity index (χ2v) is 5.69. The third-order valence-electron chi connectivity index (χ3n) is 2.53. The summed E-state index contributed by atoms with van der Waals surface area (Å²) in [5.74, 6) is -4.44. The second kappa shape index (κ2) is 5.78. The highest BCUT2D eigenvalue weighted by molar-refractivity contribution is 7.92. The molecule has 0 spiro atoms.